The van der Waals surface area contributed by atoms with Crippen molar-refractivity contribution in [1.29, 1.82) is 0 Å². The third-order valence-electron chi connectivity index (χ3n) is 5.07. The van der Waals surface area contributed by atoms with E-state index in [0.717, 1.165) is 22.8 Å². The Morgan fingerprint density at radius 3 is 2.23 bits per heavy atom. The van der Waals surface area contributed by atoms with Crippen LogP contribution in [0.1, 0.15) is 17.0 Å². The molecule has 0 atom stereocenters. The number of carbonyl (C=O) groups excluding carboxylic acids is 1. The molecule has 1 aliphatic rings. The standard InChI is InChI=1S/C22H23ClN6O/c1-16-15-17(2)29(26-16)21-9-8-20(24-25-21)27-11-13-28(14-12-27)22(30)10-5-18-3-6-19(23)7-4-18/h3-10,15H,11-14H2,1-2H3/b10-5+. The summed E-state index contributed by atoms with van der Waals surface area (Å²) in [4.78, 5) is 16.5. The molecule has 0 bridgehead atoms. The van der Waals surface area contributed by atoms with Gasteiger partial charge < -0.3 is 9.80 Å². The zero-order valence-corrected chi connectivity index (χ0v) is 17.8. The summed E-state index contributed by atoms with van der Waals surface area (Å²) in [6, 6.07) is 13.3. The van der Waals surface area contributed by atoms with Crippen molar-refractivity contribution in [3.8, 4) is 5.82 Å². The molecule has 0 spiro atoms. The number of piperazine rings is 1. The minimum Gasteiger partial charge on any atom is -0.352 e. The maximum atomic E-state index is 12.5. The van der Waals surface area contributed by atoms with E-state index in [0.29, 0.717) is 37.0 Å². The summed E-state index contributed by atoms with van der Waals surface area (Å²) < 4.78 is 1.79. The Morgan fingerprint density at radius 1 is 0.967 bits per heavy atom. The fraction of sp³-hybridized carbons (Fsp3) is 0.273. The van der Waals surface area contributed by atoms with E-state index in [4.69, 9.17) is 11.6 Å². The number of aryl methyl sites for hydroxylation is 2. The van der Waals surface area contributed by atoms with Crippen LogP contribution in [0, 0.1) is 13.8 Å². The third-order valence-corrected chi connectivity index (χ3v) is 5.32. The van der Waals surface area contributed by atoms with Crippen LogP contribution in [0.15, 0.2) is 48.5 Å². The van der Waals surface area contributed by atoms with Crippen LogP contribution >= 0.6 is 11.6 Å². The molecule has 0 aliphatic carbocycles. The van der Waals surface area contributed by atoms with E-state index in [2.05, 4.69) is 20.2 Å². The van der Waals surface area contributed by atoms with Gasteiger partial charge in [-0.05, 0) is 55.8 Å². The lowest BCUT2D eigenvalue weighted by Gasteiger charge is -2.34. The molecule has 1 fully saturated rings. The summed E-state index contributed by atoms with van der Waals surface area (Å²) in [7, 11) is 0. The van der Waals surface area contributed by atoms with Gasteiger partial charge in [0, 0.05) is 43.0 Å². The molecule has 0 N–H and O–H groups in total. The third kappa shape index (κ3) is 4.52. The topological polar surface area (TPSA) is 67.2 Å². The Labute approximate surface area is 180 Å². The fourth-order valence-corrected chi connectivity index (χ4v) is 3.59. The summed E-state index contributed by atoms with van der Waals surface area (Å²) in [5, 5.41) is 13.8. The fourth-order valence-electron chi connectivity index (χ4n) is 3.46. The van der Waals surface area contributed by atoms with Crippen molar-refractivity contribution in [2.75, 3.05) is 31.1 Å². The van der Waals surface area contributed by atoms with Gasteiger partial charge in [0.15, 0.2) is 11.6 Å². The molecule has 1 amide bonds. The summed E-state index contributed by atoms with van der Waals surface area (Å²) >= 11 is 5.89. The van der Waals surface area contributed by atoms with Gasteiger partial charge in [-0.25, -0.2) is 4.68 Å². The number of carbonyl (C=O) groups is 1. The van der Waals surface area contributed by atoms with E-state index in [1.165, 1.54) is 0 Å². The first kappa shape index (κ1) is 20.1. The second kappa shape index (κ2) is 8.67. The molecule has 30 heavy (non-hydrogen) atoms. The van der Waals surface area contributed by atoms with Crippen molar-refractivity contribution in [3.63, 3.8) is 0 Å². The zero-order chi connectivity index (χ0) is 21.1. The summed E-state index contributed by atoms with van der Waals surface area (Å²) in [5.74, 6) is 1.52. The number of nitrogens with zero attached hydrogens (tertiary/aromatic N) is 6. The highest BCUT2D eigenvalue weighted by molar-refractivity contribution is 6.30. The highest BCUT2D eigenvalue weighted by Crippen LogP contribution is 2.16. The monoisotopic (exact) mass is 422 g/mol. The van der Waals surface area contributed by atoms with Crippen LogP contribution in [0.3, 0.4) is 0 Å². The van der Waals surface area contributed by atoms with Crippen LogP contribution in [0.5, 0.6) is 0 Å². The SMILES string of the molecule is Cc1cc(C)n(-c2ccc(N3CCN(C(=O)/C=C/c4ccc(Cl)cc4)CC3)nn2)n1. The Morgan fingerprint density at radius 2 is 1.63 bits per heavy atom. The van der Waals surface area contributed by atoms with E-state index < -0.39 is 0 Å². The smallest absolute Gasteiger partial charge is 0.246 e. The average Bonchev–Trinajstić information content (AvgIpc) is 3.11. The highest BCUT2D eigenvalue weighted by Gasteiger charge is 2.21. The van der Waals surface area contributed by atoms with Crippen LogP contribution in [-0.2, 0) is 4.79 Å². The first-order valence-electron chi connectivity index (χ1n) is 9.84. The largest absolute Gasteiger partial charge is 0.352 e. The molecule has 8 heteroatoms. The molecule has 0 saturated carbocycles. The highest BCUT2D eigenvalue weighted by atomic mass is 35.5. The second-order valence-electron chi connectivity index (χ2n) is 7.29. The van der Waals surface area contributed by atoms with E-state index in [1.54, 1.807) is 10.8 Å². The summed E-state index contributed by atoms with van der Waals surface area (Å²) in [5.41, 5.74) is 2.92. The Balaban J connectivity index is 1.34. The maximum absolute atomic E-state index is 12.5. The van der Waals surface area contributed by atoms with Gasteiger partial charge in [0.05, 0.1) is 5.69 Å². The molecule has 0 unspecified atom stereocenters. The zero-order valence-electron chi connectivity index (χ0n) is 17.0. The van der Waals surface area contributed by atoms with Gasteiger partial charge >= 0.3 is 0 Å². The first-order chi connectivity index (χ1) is 14.5. The second-order valence-corrected chi connectivity index (χ2v) is 7.72. The minimum atomic E-state index is 0.00978. The summed E-state index contributed by atoms with van der Waals surface area (Å²) in [6.45, 7) is 6.67. The lowest BCUT2D eigenvalue weighted by molar-refractivity contribution is -0.126. The van der Waals surface area contributed by atoms with Gasteiger partial charge in [-0.2, -0.15) is 5.10 Å². The molecule has 1 aliphatic heterocycles. The van der Waals surface area contributed by atoms with Crippen LogP contribution in [0.2, 0.25) is 5.02 Å². The number of halogens is 1. The van der Waals surface area contributed by atoms with E-state index in [9.17, 15) is 4.79 Å². The van der Waals surface area contributed by atoms with Gasteiger partial charge in [-0.15, -0.1) is 10.2 Å². The van der Waals surface area contributed by atoms with Gasteiger partial charge in [0.25, 0.3) is 0 Å². The lowest BCUT2D eigenvalue weighted by atomic mass is 10.2. The number of amides is 1. The normalized spacial score (nSPS) is 14.5. The molecule has 154 valence electrons. The lowest BCUT2D eigenvalue weighted by Crippen LogP contribution is -2.48. The molecular formula is C22H23ClN6O. The molecule has 1 aromatic carbocycles. The van der Waals surface area contributed by atoms with E-state index in [-0.39, 0.29) is 5.91 Å². The van der Waals surface area contributed by atoms with Crippen LogP contribution < -0.4 is 4.90 Å². The quantitative estimate of drug-likeness (QED) is 0.603. The molecule has 0 radical (unpaired) electrons. The Bertz CT molecular complexity index is 1050. The minimum absolute atomic E-state index is 0.00978. The van der Waals surface area contributed by atoms with Crippen molar-refractivity contribution in [3.05, 3.63) is 70.5 Å². The number of hydrogen-bond donors (Lipinski definition) is 0. The molecule has 7 nitrogen and oxygen atoms in total. The van der Waals surface area contributed by atoms with Crippen molar-refractivity contribution in [2.45, 2.75) is 13.8 Å². The van der Waals surface area contributed by atoms with Gasteiger partial charge in [-0.3, -0.25) is 4.79 Å². The van der Waals surface area contributed by atoms with E-state index >= 15 is 0 Å². The van der Waals surface area contributed by atoms with Crippen molar-refractivity contribution < 1.29 is 4.79 Å². The summed E-state index contributed by atoms with van der Waals surface area (Å²) in [6.07, 6.45) is 3.43. The molecule has 4 rings (SSSR count). The van der Waals surface area contributed by atoms with Crippen molar-refractivity contribution in [2.24, 2.45) is 0 Å². The molecule has 3 heterocycles. The molecular weight excluding hydrogens is 400 g/mol. The van der Waals surface area contributed by atoms with Gasteiger partial charge in [0.1, 0.15) is 0 Å². The molecule has 2 aromatic heterocycles. The molecule has 3 aromatic rings. The Kier molecular flexibility index (Phi) is 5.81. The van der Waals surface area contributed by atoms with Gasteiger partial charge in [-0.1, -0.05) is 23.7 Å². The average molecular weight is 423 g/mol. The number of anilines is 1. The maximum Gasteiger partial charge on any atom is 0.246 e. The predicted molar refractivity (Wildman–Crippen MR) is 118 cm³/mol. The van der Waals surface area contributed by atoms with Crippen molar-refractivity contribution >= 4 is 29.4 Å². The molecule has 1 saturated heterocycles. The Hall–Kier alpha value is -3.19. The van der Waals surface area contributed by atoms with Crippen molar-refractivity contribution in [1.82, 2.24) is 24.9 Å². The van der Waals surface area contributed by atoms with E-state index in [1.807, 2.05) is 67.3 Å². The predicted octanol–water partition coefficient (Wildman–Crippen LogP) is 3.29. The number of rotatable bonds is 4. The van der Waals surface area contributed by atoms with Gasteiger partial charge in [0.2, 0.25) is 5.91 Å². The van der Waals surface area contributed by atoms with Crippen LogP contribution in [0.4, 0.5) is 5.82 Å². The number of aromatic nitrogens is 4. The van der Waals surface area contributed by atoms with Crippen LogP contribution in [0.25, 0.3) is 11.9 Å². The number of benzene rings is 1. The van der Waals surface area contributed by atoms with Crippen LogP contribution in [-0.4, -0.2) is 57.0 Å². The first-order valence-corrected chi connectivity index (χ1v) is 10.2. The number of hydrogen-bond acceptors (Lipinski definition) is 5.